The molecule has 0 atom stereocenters. The molecule has 2 heterocycles. The second kappa shape index (κ2) is 6.76. The Hall–Kier alpha value is -2.93. The van der Waals surface area contributed by atoms with Crippen molar-refractivity contribution in [3.05, 3.63) is 64.7 Å². The summed E-state index contributed by atoms with van der Waals surface area (Å²) in [6.07, 6.45) is 0. The third-order valence-electron chi connectivity index (χ3n) is 4.15. The number of nitrogens with zero attached hydrogens (tertiary/aromatic N) is 4. The van der Waals surface area contributed by atoms with Crippen molar-refractivity contribution in [2.75, 3.05) is 5.73 Å². The minimum absolute atomic E-state index is 0.0282. The molecule has 2 aromatic carbocycles. The van der Waals surface area contributed by atoms with Gasteiger partial charge in [-0.05, 0) is 31.2 Å². The number of rotatable bonds is 4. The van der Waals surface area contributed by atoms with Crippen molar-refractivity contribution >= 4 is 39.4 Å². The quantitative estimate of drug-likeness (QED) is 0.442. The molecule has 0 fully saturated rings. The monoisotopic (exact) mass is 363 g/mol. The summed E-state index contributed by atoms with van der Waals surface area (Å²) in [4.78, 5) is 26.3. The number of para-hydroxylation sites is 2. The standard InChI is InChI=1S/C19H17N5OS/c1-2-24-18(25)13-8-4-6-10-15(13)22-19(24)26-11-16-21-14-9-5-3-7-12(14)17(20)23-16/h3-10H,2,11H2,1H3,(H2,20,21,23). The Morgan fingerprint density at radius 1 is 0.962 bits per heavy atom. The first-order chi connectivity index (χ1) is 12.7. The zero-order valence-corrected chi connectivity index (χ0v) is 15.0. The number of hydrogen-bond donors (Lipinski definition) is 1. The average molecular weight is 363 g/mol. The maximum atomic E-state index is 12.7. The Morgan fingerprint density at radius 2 is 1.62 bits per heavy atom. The number of aromatic nitrogens is 4. The van der Waals surface area contributed by atoms with E-state index in [9.17, 15) is 4.79 Å². The van der Waals surface area contributed by atoms with Crippen molar-refractivity contribution in [1.29, 1.82) is 0 Å². The van der Waals surface area contributed by atoms with Crippen molar-refractivity contribution in [2.24, 2.45) is 0 Å². The number of nitrogens with two attached hydrogens (primary N) is 1. The molecule has 2 aromatic heterocycles. The van der Waals surface area contributed by atoms with Gasteiger partial charge in [0, 0.05) is 11.9 Å². The Labute approximate surface area is 154 Å². The van der Waals surface area contributed by atoms with Crippen LogP contribution < -0.4 is 11.3 Å². The number of benzene rings is 2. The van der Waals surface area contributed by atoms with E-state index in [0.717, 1.165) is 10.9 Å². The molecule has 0 bridgehead atoms. The Morgan fingerprint density at radius 3 is 2.35 bits per heavy atom. The Kier molecular flexibility index (Phi) is 4.30. The van der Waals surface area contributed by atoms with Crippen LogP contribution in [0.1, 0.15) is 12.7 Å². The van der Waals surface area contributed by atoms with Gasteiger partial charge in [-0.25, -0.2) is 15.0 Å². The summed E-state index contributed by atoms with van der Waals surface area (Å²) in [6, 6.07) is 15.0. The molecular formula is C19H17N5OS. The summed E-state index contributed by atoms with van der Waals surface area (Å²) in [6.45, 7) is 2.49. The van der Waals surface area contributed by atoms with Gasteiger partial charge in [-0.3, -0.25) is 9.36 Å². The van der Waals surface area contributed by atoms with Crippen LogP contribution in [0, 0.1) is 0 Å². The van der Waals surface area contributed by atoms with Crippen molar-refractivity contribution in [3.8, 4) is 0 Å². The summed E-state index contributed by atoms with van der Waals surface area (Å²) >= 11 is 1.44. The van der Waals surface area contributed by atoms with Crippen LogP contribution in [0.4, 0.5) is 5.82 Å². The second-order valence-electron chi connectivity index (χ2n) is 5.79. The summed E-state index contributed by atoms with van der Waals surface area (Å²) in [7, 11) is 0. The first-order valence-corrected chi connectivity index (χ1v) is 9.29. The fraction of sp³-hybridized carbons (Fsp3) is 0.158. The Bertz CT molecular complexity index is 1170. The SMILES string of the molecule is CCn1c(SCc2nc(N)c3ccccc3n2)nc2ccccc2c1=O. The lowest BCUT2D eigenvalue weighted by atomic mass is 10.2. The lowest BCUT2D eigenvalue weighted by Gasteiger charge is -2.11. The molecule has 0 spiro atoms. The molecule has 0 aliphatic heterocycles. The summed E-state index contributed by atoms with van der Waals surface area (Å²) in [5.41, 5.74) is 7.53. The van der Waals surface area contributed by atoms with E-state index in [-0.39, 0.29) is 5.56 Å². The minimum Gasteiger partial charge on any atom is -0.383 e. The molecular weight excluding hydrogens is 346 g/mol. The number of anilines is 1. The van der Waals surface area contributed by atoms with Crippen LogP contribution in [0.3, 0.4) is 0 Å². The van der Waals surface area contributed by atoms with Gasteiger partial charge in [0.15, 0.2) is 5.16 Å². The molecule has 4 aromatic rings. The summed E-state index contributed by atoms with van der Waals surface area (Å²) in [5.74, 6) is 1.57. The zero-order chi connectivity index (χ0) is 18.1. The van der Waals surface area contributed by atoms with Gasteiger partial charge in [-0.1, -0.05) is 36.0 Å². The van der Waals surface area contributed by atoms with Crippen LogP contribution in [-0.2, 0) is 12.3 Å². The maximum Gasteiger partial charge on any atom is 0.262 e. The van der Waals surface area contributed by atoms with Crippen LogP contribution in [0.15, 0.2) is 58.5 Å². The molecule has 0 unspecified atom stereocenters. The summed E-state index contributed by atoms with van der Waals surface area (Å²) in [5, 5.41) is 2.13. The van der Waals surface area contributed by atoms with E-state index < -0.39 is 0 Å². The highest BCUT2D eigenvalue weighted by Gasteiger charge is 2.12. The van der Waals surface area contributed by atoms with E-state index in [1.807, 2.05) is 49.4 Å². The Balaban J connectivity index is 1.71. The van der Waals surface area contributed by atoms with E-state index in [1.54, 1.807) is 10.6 Å². The van der Waals surface area contributed by atoms with E-state index in [2.05, 4.69) is 15.0 Å². The molecule has 130 valence electrons. The van der Waals surface area contributed by atoms with Gasteiger partial charge in [0.1, 0.15) is 11.6 Å². The smallest absolute Gasteiger partial charge is 0.262 e. The number of nitrogen functional groups attached to an aromatic ring is 1. The van der Waals surface area contributed by atoms with Crippen LogP contribution in [-0.4, -0.2) is 19.5 Å². The van der Waals surface area contributed by atoms with Gasteiger partial charge in [0.05, 0.1) is 22.2 Å². The third kappa shape index (κ3) is 2.90. The molecule has 7 heteroatoms. The molecule has 6 nitrogen and oxygen atoms in total. The second-order valence-corrected chi connectivity index (χ2v) is 6.73. The van der Waals surface area contributed by atoms with E-state index >= 15 is 0 Å². The molecule has 0 saturated carbocycles. The number of fused-ring (bicyclic) bond motifs is 2. The highest BCUT2D eigenvalue weighted by molar-refractivity contribution is 7.98. The number of thioether (sulfide) groups is 1. The van der Waals surface area contributed by atoms with Gasteiger partial charge >= 0.3 is 0 Å². The average Bonchev–Trinajstić information content (AvgIpc) is 2.66. The molecule has 26 heavy (non-hydrogen) atoms. The lowest BCUT2D eigenvalue weighted by Crippen LogP contribution is -2.22. The zero-order valence-electron chi connectivity index (χ0n) is 14.2. The van der Waals surface area contributed by atoms with Gasteiger partial charge in [0.2, 0.25) is 0 Å². The van der Waals surface area contributed by atoms with E-state index in [1.165, 1.54) is 11.8 Å². The van der Waals surface area contributed by atoms with Crippen LogP contribution >= 0.6 is 11.8 Å². The van der Waals surface area contributed by atoms with Crippen molar-refractivity contribution < 1.29 is 0 Å². The fourth-order valence-electron chi connectivity index (χ4n) is 2.88. The summed E-state index contributed by atoms with van der Waals surface area (Å²) < 4.78 is 1.68. The van der Waals surface area contributed by atoms with E-state index in [0.29, 0.717) is 40.0 Å². The highest BCUT2D eigenvalue weighted by atomic mass is 32.2. The predicted octanol–water partition coefficient (Wildman–Crippen LogP) is 3.23. The third-order valence-corrected chi connectivity index (χ3v) is 5.12. The van der Waals surface area contributed by atoms with Crippen LogP contribution in [0.25, 0.3) is 21.8 Å². The van der Waals surface area contributed by atoms with Crippen molar-refractivity contribution in [2.45, 2.75) is 24.4 Å². The van der Waals surface area contributed by atoms with Crippen LogP contribution in [0.5, 0.6) is 0 Å². The predicted molar refractivity (Wildman–Crippen MR) is 105 cm³/mol. The van der Waals surface area contributed by atoms with Crippen molar-refractivity contribution in [1.82, 2.24) is 19.5 Å². The van der Waals surface area contributed by atoms with Crippen molar-refractivity contribution in [3.63, 3.8) is 0 Å². The van der Waals surface area contributed by atoms with Gasteiger partial charge in [0.25, 0.3) is 5.56 Å². The molecule has 0 aliphatic rings. The minimum atomic E-state index is -0.0282. The fourth-order valence-corrected chi connectivity index (χ4v) is 3.80. The molecule has 2 N–H and O–H groups in total. The van der Waals surface area contributed by atoms with Gasteiger partial charge in [-0.15, -0.1) is 0 Å². The van der Waals surface area contributed by atoms with Crippen LogP contribution in [0.2, 0.25) is 0 Å². The van der Waals surface area contributed by atoms with Gasteiger partial charge < -0.3 is 5.73 Å². The topological polar surface area (TPSA) is 86.7 Å². The normalized spacial score (nSPS) is 11.3. The molecule has 0 saturated heterocycles. The molecule has 0 amide bonds. The highest BCUT2D eigenvalue weighted by Crippen LogP contribution is 2.23. The first kappa shape index (κ1) is 16.5. The largest absolute Gasteiger partial charge is 0.383 e. The first-order valence-electron chi connectivity index (χ1n) is 8.31. The maximum absolute atomic E-state index is 12.7. The van der Waals surface area contributed by atoms with E-state index in [4.69, 9.17) is 5.73 Å². The van der Waals surface area contributed by atoms with Gasteiger partial charge in [-0.2, -0.15) is 0 Å². The molecule has 4 rings (SSSR count). The lowest BCUT2D eigenvalue weighted by molar-refractivity contribution is 0.634. The number of hydrogen-bond acceptors (Lipinski definition) is 6. The molecule has 0 radical (unpaired) electrons. The molecule has 0 aliphatic carbocycles.